The van der Waals surface area contributed by atoms with Crippen LogP contribution in [-0.2, 0) is 16.1 Å². The minimum Gasteiger partial charge on any atom is -0.494 e. The number of oxazole rings is 1. The van der Waals surface area contributed by atoms with Gasteiger partial charge in [0.1, 0.15) is 6.26 Å². The Morgan fingerprint density at radius 2 is 2.00 bits per heavy atom. The largest absolute Gasteiger partial charge is 0.494 e. The smallest absolute Gasteiger partial charge is 0.271 e. The summed E-state index contributed by atoms with van der Waals surface area (Å²) >= 11 is 0. The molecule has 0 unspecified atom stereocenters. The van der Waals surface area contributed by atoms with E-state index in [4.69, 9.17) is 19.6 Å². The van der Waals surface area contributed by atoms with Crippen LogP contribution in [0.1, 0.15) is 29.0 Å². The van der Waals surface area contributed by atoms with Crippen molar-refractivity contribution in [3.8, 4) is 17.2 Å². The molecule has 0 spiro atoms. The molecule has 2 fully saturated rings. The Morgan fingerprint density at radius 1 is 1.19 bits per heavy atom. The van der Waals surface area contributed by atoms with E-state index in [1.165, 1.54) is 13.2 Å². The van der Waals surface area contributed by atoms with Gasteiger partial charge in [0.05, 0.1) is 43.0 Å². The first-order valence-electron chi connectivity index (χ1n) is 11.7. The maximum atomic E-state index is 12.2. The summed E-state index contributed by atoms with van der Waals surface area (Å²) < 4.78 is 16.9. The fourth-order valence-electron chi connectivity index (χ4n) is 3.96. The van der Waals surface area contributed by atoms with Crippen molar-refractivity contribution >= 4 is 29.0 Å². The van der Waals surface area contributed by atoms with Gasteiger partial charge < -0.3 is 30.3 Å². The van der Waals surface area contributed by atoms with Crippen molar-refractivity contribution in [2.75, 3.05) is 44.0 Å². The molecule has 1 saturated heterocycles. The van der Waals surface area contributed by atoms with Crippen LogP contribution in [0, 0.1) is 5.92 Å². The minimum absolute atomic E-state index is 0.00950. The van der Waals surface area contributed by atoms with Gasteiger partial charge >= 0.3 is 0 Å². The summed E-state index contributed by atoms with van der Waals surface area (Å²) in [5.41, 5.74) is 7.67. The predicted molar refractivity (Wildman–Crippen MR) is 130 cm³/mol. The molecule has 12 nitrogen and oxygen atoms in total. The van der Waals surface area contributed by atoms with E-state index in [0.29, 0.717) is 42.6 Å². The molecule has 2 amide bonds. The quantitative estimate of drug-likeness (QED) is 0.403. The molecule has 0 bridgehead atoms. The van der Waals surface area contributed by atoms with Gasteiger partial charge in [0.2, 0.25) is 11.8 Å². The number of carbonyl (C=O) groups excluding carboxylic acids is 2. The van der Waals surface area contributed by atoms with Crippen molar-refractivity contribution in [1.29, 1.82) is 0 Å². The number of nitrogens with zero attached hydrogens (tertiary/aromatic N) is 4. The maximum absolute atomic E-state index is 12.2. The van der Waals surface area contributed by atoms with Gasteiger partial charge in [-0.25, -0.2) is 4.98 Å². The molecule has 3 heterocycles. The maximum Gasteiger partial charge on any atom is 0.271 e. The van der Waals surface area contributed by atoms with Crippen molar-refractivity contribution < 1.29 is 23.5 Å². The van der Waals surface area contributed by atoms with Crippen molar-refractivity contribution in [3.05, 3.63) is 41.9 Å². The molecule has 0 atom stereocenters. The molecule has 3 aromatic rings. The Hall–Kier alpha value is -4.03. The highest BCUT2D eigenvalue weighted by molar-refractivity contribution is 5.99. The van der Waals surface area contributed by atoms with Crippen LogP contribution in [0.3, 0.4) is 0 Å². The second-order valence-corrected chi connectivity index (χ2v) is 8.66. The Morgan fingerprint density at radius 3 is 2.72 bits per heavy atom. The lowest BCUT2D eigenvalue weighted by Crippen LogP contribution is -2.35. The van der Waals surface area contributed by atoms with Gasteiger partial charge in [0, 0.05) is 31.6 Å². The van der Waals surface area contributed by atoms with Gasteiger partial charge in [0.15, 0.2) is 17.3 Å². The number of ether oxygens (including phenoxy) is 2. The first-order valence-corrected chi connectivity index (χ1v) is 11.7. The fourth-order valence-corrected chi connectivity index (χ4v) is 3.96. The molecule has 1 aliphatic heterocycles. The number of anilines is 3. The molecule has 1 aliphatic carbocycles. The van der Waals surface area contributed by atoms with E-state index in [2.05, 4.69) is 30.7 Å². The number of para-hydroxylation sites is 1. The number of morpholine rings is 1. The third-order valence-electron chi connectivity index (χ3n) is 5.99. The number of methoxy groups -OCH3 is 1. The van der Waals surface area contributed by atoms with Crippen molar-refractivity contribution in [2.24, 2.45) is 11.7 Å². The Labute approximate surface area is 207 Å². The van der Waals surface area contributed by atoms with Crippen LogP contribution in [0.4, 0.5) is 17.2 Å². The van der Waals surface area contributed by atoms with Crippen LogP contribution in [-0.4, -0.2) is 65.3 Å². The second-order valence-electron chi connectivity index (χ2n) is 8.66. The molecule has 1 aromatic carbocycles. The van der Waals surface area contributed by atoms with Crippen LogP contribution < -0.4 is 21.1 Å². The second kappa shape index (κ2) is 10.3. The molecule has 188 valence electrons. The molecule has 1 saturated carbocycles. The van der Waals surface area contributed by atoms with Gasteiger partial charge in [-0.2, -0.15) is 0 Å². The molecular formula is C24H27N7O5. The Kier molecular flexibility index (Phi) is 6.78. The van der Waals surface area contributed by atoms with Crippen molar-refractivity contribution in [1.82, 2.24) is 20.1 Å². The number of hydrogen-bond acceptors (Lipinski definition) is 10. The molecule has 5 rings (SSSR count). The number of aromatic nitrogens is 3. The van der Waals surface area contributed by atoms with Crippen molar-refractivity contribution in [2.45, 2.75) is 19.4 Å². The number of primary amides is 1. The predicted octanol–water partition coefficient (Wildman–Crippen LogP) is 2.16. The highest BCUT2D eigenvalue weighted by atomic mass is 16.5. The zero-order chi connectivity index (χ0) is 25.1. The molecule has 2 aliphatic rings. The number of carbonyl (C=O) groups is 2. The lowest BCUT2D eigenvalue weighted by Gasteiger charge is -2.25. The van der Waals surface area contributed by atoms with Crippen LogP contribution >= 0.6 is 0 Å². The van der Waals surface area contributed by atoms with Gasteiger partial charge in [0.25, 0.3) is 5.91 Å². The van der Waals surface area contributed by atoms with E-state index in [9.17, 15) is 9.59 Å². The highest BCUT2D eigenvalue weighted by Gasteiger charge is 2.30. The number of rotatable bonds is 9. The van der Waals surface area contributed by atoms with Gasteiger partial charge in [-0.3, -0.25) is 14.5 Å². The van der Waals surface area contributed by atoms with Gasteiger partial charge in [-0.1, -0.05) is 6.07 Å². The summed E-state index contributed by atoms with van der Waals surface area (Å²) in [4.78, 5) is 31.0. The number of amides is 2. The highest BCUT2D eigenvalue weighted by Crippen LogP contribution is 2.38. The summed E-state index contributed by atoms with van der Waals surface area (Å²) in [5.74, 6) is 0.172. The average Bonchev–Trinajstić information content (AvgIpc) is 3.64. The number of nitrogens with two attached hydrogens (primary N) is 1. The zero-order valence-corrected chi connectivity index (χ0v) is 19.8. The van der Waals surface area contributed by atoms with Crippen molar-refractivity contribution in [3.63, 3.8) is 0 Å². The summed E-state index contributed by atoms with van der Waals surface area (Å²) in [6, 6.07) is 6.93. The standard InChI is InChI=1S/C24H27N7O5/c1-34-21-16(24-26-15(13-36-24)12-31-7-9-35-10-8-31)3-2-4-17(21)27-18-11-19(28-23(33)14-5-6-14)29-30-20(18)22(25)32/h2-4,11,13-14H,5-10,12H2,1H3,(H2,25,32)(H2,27,28,29,33). The first-order chi connectivity index (χ1) is 17.5. The van der Waals surface area contributed by atoms with Crippen LogP contribution in [0.5, 0.6) is 5.75 Å². The van der Waals surface area contributed by atoms with Gasteiger partial charge in [-0.15, -0.1) is 10.2 Å². The lowest BCUT2D eigenvalue weighted by molar-refractivity contribution is -0.117. The van der Waals surface area contributed by atoms with Gasteiger partial charge in [-0.05, 0) is 25.0 Å². The molecule has 12 heteroatoms. The van der Waals surface area contributed by atoms with Crippen LogP contribution in [0.2, 0.25) is 0 Å². The monoisotopic (exact) mass is 493 g/mol. The van der Waals surface area contributed by atoms with E-state index in [0.717, 1.165) is 31.6 Å². The van der Waals surface area contributed by atoms with E-state index < -0.39 is 5.91 Å². The van der Waals surface area contributed by atoms with E-state index in [-0.39, 0.29) is 29.0 Å². The normalized spacial score (nSPS) is 15.9. The summed E-state index contributed by atoms with van der Waals surface area (Å²) in [6.07, 6.45) is 3.34. The summed E-state index contributed by atoms with van der Waals surface area (Å²) in [7, 11) is 1.53. The molecular weight excluding hydrogens is 466 g/mol. The minimum atomic E-state index is -0.763. The molecule has 36 heavy (non-hydrogen) atoms. The molecule has 0 radical (unpaired) electrons. The van der Waals surface area contributed by atoms with Crippen LogP contribution in [0.15, 0.2) is 34.9 Å². The zero-order valence-electron chi connectivity index (χ0n) is 19.8. The molecule has 2 aromatic heterocycles. The number of benzene rings is 1. The first kappa shape index (κ1) is 23.7. The molecule has 4 N–H and O–H groups in total. The summed E-state index contributed by atoms with van der Waals surface area (Å²) in [6.45, 7) is 3.75. The third-order valence-corrected chi connectivity index (χ3v) is 5.99. The Bertz CT molecular complexity index is 1270. The topological polar surface area (TPSA) is 158 Å². The average molecular weight is 494 g/mol. The third kappa shape index (κ3) is 5.29. The number of hydrogen-bond donors (Lipinski definition) is 3. The van der Waals surface area contributed by atoms with E-state index in [1.54, 1.807) is 18.4 Å². The van der Waals surface area contributed by atoms with E-state index >= 15 is 0 Å². The summed E-state index contributed by atoms with van der Waals surface area (Å²) in [5, 5.41) is 13.7. The Balaban J connectivity index is 1.41. The van der Waals surface area contributed by atoms with E-state index in [1.807, 2.05) is 6.07 Å². The lowest BCUT2D eigenvalue weighted by atomic mass is 10.1. The number of nitrogens with one attached hydrogen (secondary N) is 2. The SMILES string of the molecule is COc1c(Nc2cc(NC(=O)C3CC3)nnc2C(N)=O)cccc1-c1nc(CN2CCOCC2)co1. The fraction of sp³-hybridized carbons (Fsp3) is 0.375. The van der Waals surface area contributed by atoms with Crippen LogP contribution in [0.25, 0.3) is 11.5 Å².